The molecule has 0 aliphatic carbocycles. The highest BCUT2D eigenvalue weighted by atomic mass is 32.1. The normalized spacial score (nSPS) is 11.3. The van der Waals surface area contributed by atoms with Crippen LogP contribution < -0.4 is 4.90 Å². The van der Waals surface area contributed by atoms with E-state index >= 15 is 0 Å². The van der Waals surface area contributed by atoms with E-state index in [0.717, 1.165) is 53.9 Å². The molecule has 7 aromatic carbocycles. The van der Waals surface area contributed by atoms with Crippen molar-refractivity contribution >= 4 is 60.2 Å². The third-order valence-corrected chi connectivity index (χ3v) is 10.9. The number of benzene rings is 7. The molecule has 5 heteroatoms. The van der Waals surface area contributed by atoms with E-state index in [0.29, 0.717) is 0 Å². The molecular weight excluding hydrogens is 635 g/mol. The number of anilines is 3. The molecule has 0 saturated carbocycles. The molecule has 0 radical (unpaired) electrons. The van der Waals surface area contributed by atoms with Gasteiger partial charge in [0.05, 0.1) is 20.4 Å². The number of hydrogen-bond donors (Lipinski definition) is 0. The van der Waals surface area contributed by atoms with Gasteiger partial charge in [-0.15, -0.1) is 22.7 Å². The molecule has 0 aliphatic rings. The van der Waals surface area contributed by atoms with Crippen LogP contribution in [0.5, 0.6) is 0 Å². The van der Waals surface area contributed by atoms with Crippen molar-refractivity contribution in [3.05, 3.63) is 176 Å². The summed E-state index contributed by atoms with van der Waals surface area (Å²) in [6.07, 6.45) is 0. The summed E-state index contributed by atoms with van der Waals surface area (Å²) in [4.78, 5) is 12.2. The summed E-state index contributed by atoms with van der Waals surface area (Å²) in [5.74, 6) is 0. The fraction of sp³-hybridized carbons (Fsp3) is 0. The van der Waals surface area contributed by atoms with Crippen LogP contribution in [0.2, 0.25) is 0 Å². The quantitative estimate of drug-likeness (QED) is 0.170. The van der Waals surface area contributed by atoms with Crippen LogP contribution >= 0.6 is 22.7 Å². The molecule has 232 valence electrons. The van der Waals surface area contributed by atoms with Gasteiger partial charge in [-0.05, 0) is 95.1 Å². The van der Waals surface area contributed by atoms with Gasteiger partial charge < -0.3 is 4.90 Å². The second kappa shape index (κ2) is 12.6. The molecule has 3 nitrogen and oxygen atoms in total. The predicted molar refractivity (Wildman–Crippen MR) is 209 cm³/mol. The molecule has 0 spiro atoms. The summed E-state index contributed by atoms with van der Waals surface area (Å²) < 4.78 is 2.35. The van der Waals surface area contributed by atoms with Crippen LogP contribution in [-0.2, 0) is 0 Å². The predicted octanol–water partition coefficient (Wildman–Crippen LogP) is 13.0. The van der Waals surface area contributed by atoms with Crippen LogP contribution in [0.1, 0.15) is 0 Å². The number of thiazole rings is 2. The van der Waals surface area contributed by atoms with Gasteiger partial charge in [0.25, 0.3) is 0 Å². The summed E-state index contributed by atoms with van der Waals surface area (Å²) in [6.45, 7) is 0. The van der Waals surface area contributed by atoms with Crippen molar-refractivity contribution in [1.82, 2.24) is 9.97 Å². The Morgan fingerprint density at radius 1 is 0.327 bits per heavy atom. The summed E-state index contributed by atoms with van der Waals surface area (Å²) in [5, 5.41) is 2.06. The monoisotopic (exact) mass is 663 g/mol. The van der Waals surface area contributed by atoms with Crippen molar-refractivity contribution < 1.29 is 0 Å². The standard InChI is InChI=1S/C44H29N3S2/c1-3-10-30(11-4-1)34-14-9-15-35(28-34)31-18-22-36(23-19-31)47(37-24-20-33(21-25-37)44-45-39-16-7-8-17-41(39)48-44)38-26-27-40-42(29-38)49-43(46-40)32-12-5-2-6-13-32/h1-29H. The average Bonchev–Trinajstić information content (AvgIpc) is 3.81. The first kappa shape index (κ1) is 29.3. The lowest BCUT2D eigenvalue weighted by atomic mass is 9.99. The van der Waals surface area contributed by atoms with E-state index in [1.165, 1.54) is 27.0 Å². The number of hydrogen-bond acceptors (Lipinski definition) is 5. The molecule has 0 atom stereocenters. The zero-order valence-electron chi connectivity index (χ0n) is 26.4. The first-order chi connectivity index (χ1) is 24.2. The van der Waals surface area contributed by atoms with E-state index in [1.807, 2.05) is 12.1 Å². The summed E-state index contributed by atoms with van der Waals surface area (Å²) in [5.41, 5.74) is 12.4. The molecule has 49 heavy (non-hydrogen) atoms. The number of aromatic nitrogens is 2. The van der Waals surface area contributed by atoms with Gasteiger partial charge in [0, 0.05) is 28.2 Å². The van der Waals surface area contributed by atoms with Crippen LogP contribution in [0.15, 0.2) is 176 Å². The molecule has 0 bridgehead atoms. The van der Waals surface area contributed by atoms with Gasteiger partial charge in [0.15, 0.2) is 0 Å². The van der Waals surface area contributed by atoms with E-state index in [9.17, 15) is 0 Å². The van der Waals surface area contributed by atoms with Crippen molar-refractivity contribution in [1.29, 1.82) is 0 Å². The maximum atomic E-state index is 4.96. The van der Waals surface area contributed by atoms with E-state index in [-0.39, 0.29) is 0 Å². The third-order valence-electron chi connectivity index (χ3n) is 8.75. The van der Waals surface area contributed by atoms with Gasteiger partial charge in [-0.3, -0.25) is 0 Å². The highest BCUT2D eigenvalue weighted by Gasteiger charge is 2.16. The molecular formula is C44H29N3S2. The molecule has 0 aliphatic heterocycles. The molecule has 9 aromatic rings. The number of para-hydroxylation sites is 1. The zero-order chi connectivity index (χ0) is 32.6. The minimum absolute atomic E-state index is 1.01. The second-order valence-corrected chi connectivity index (χ2v) is 14.0. The van der Waals surface area contributed by atoms with E-state index in [4.69, 9.17) is 9.97 Å². The highest BCUT2D eigenvalue weighted by Crippen LogP contribution is 2.40. The Kier molecular flexibility index (Phi) is 7.54. The molecule has 0 N–H and O–H groups in total. The van der Waals surface area contributed by atoms with Gasteiger partial charge in [-0.1, -0.05) is 103 Å². The Balaban J connectivity index is 1.10. The number of rotatable bonds is 7. The Morgan fingerprint density at radius 2 is 0.796 bits per heavy atom. The largest absolute Gasteiger partial charge is 0.310 e. The van der Waals surface area contributed by atoms with E-state index < -0.39 is 0 Å². The fourth-order valence-electron chi connectivity index (χ4n) is 6.26. The molecule has 0 fully saturated rings. The smallest absolute Gasteiger partial charge is 0.124 e. The van der Waals surface area contributed by atoms with Crippen LogP contribution in [-0.4, -0.2) is 9.97 Å². The van der Waals surface area contributed by atoms with Crippen molar-refractivity contribution in [2.24, 2.45) is 0 Å². The average molecular weight is 664 g/mol. The lowest BCUT2D eigenvalue weighted by Gasteiger charge is -2.26. The first-order valence-electron chi connectivity index (χ1n) is 16.2. The van der Waals surface area contributed by atoms with Gasteiger partial charge >= 0.3 is 0 Å². The van der Waals surface area contributed by atoms with Gasteiger partial charge in [-0.2, -0.15) is 0 Å². The van der Waals surface area contributed by atoms with Crippen LogP contribution in [0.25, 0.3) is 63.8 Å². The Morgan fingerprint density at radius 3 is 1.45 bits per heavy atom. The number of fused-ring (bicyclic) bond motifs is 2. The van der Waals surface area contributed by atoms with Crippen molar-refractivity contribution in [3.63, 3.8) is 0 Å². The van der Waals surface area contributed by atoms with E-state index in [1.54, 1.807) is 22.7 Å². The molecule has 9 rings (SSSR count). The summed E-state index contributed by atoms with van der Waals surface area (Å²) >= 11 is 3.46. The topological polar surface area (TPSA) is 29.0 Å². The summed E-state index contributed by atoms with van der Waals surface area (Å²) in [6, 6.07) is 62.3. The van der Waals surface area contributed by atoms with Gasteiger partial charge in [0.1, 0.15) is 10.0 Å². The Labute approximate surface area is 293 Å². The van der Waals surface area contributed by atoms with Crippen LogP contribution in [0.4, 0.5) is 17.1 Å². The maximum Gasteiger partial charge on any atom is 0.124 e. The molecule has 0 unspecified atom stereocenters. The van der Waals surface area contributed by atoms with E-state index in [2.05, 4.69) is 169 Å². The third kappa shape index (κ3) is 5.80. The molecule has 0 saturated heterocycles. The minimum Gasteiger partial charge on any atom is -0.310 e. The second-order valence-electron chi connectivity index (χ2n) is 11.9. The lowest BCUT2D eigenvalue weighted by molar-refractivity contribution is 1.29. The molecule has 2 aromatic heterocycles. The van der Waals surface area contributed by atoms with Crippen molar-refractivity contribution in [3.8, 4) is 43.4 Å². The molecule has 0 amide bonds. The highest BCUT2D eigenvalue weighted by molar-refractivity contribution is 7.22. The fourth-order valence-corrected chi connectivity index (χ4v) is 8.24. The van der Waals surface area contributed by atoms with Crippen LogP contribution in [0.3, 0.4) is 0 Å². The maximum absolute atomic E-state index is 4.96. The van der Waals surface area contributed by atoms with Crippen molar-refractivity contribution in [2.75, 3.05) is 4.90 Å². The van der Waals surface area contributed by atoms with Crippen LogP contribution in [0, 0.1) is 0 Å². The van der Waals surface area contributed by atoms with Crippen molar-refractivity contribution in [2.45, 2.75) is 0 Å². The lowest BCUT2D eigenvalue weighted by Crippen LogP contribution is -2.09. The van der Waals surface area contributed by atoms with Gasteiger partial charge in [-0.25, -0.2) is 9.97 Å². The minimum atomic E-state index is 1.01. The summed E-state index contributed by atoms with van der Waals surface area (Å²) in [7, 11) is 0. The SMILES string of the molecule is c1ccc(-c2cccc(-c3ccc(N(c4ccc(-c5nc6ccccc6s5)cc4)c4ccc5nc(-c6ccccc6)sc5c4)cc3)c2)cc1. The Hall–Kier alpha value is -5.88. The zero-order valence-corrected chi connectivity index (χ0v) is 28.0. The first-order valence-corrected chi connectivity index (χ1v) is 17.9. The number of nitrogens with zero attached hydrogens (tertiary/aromatic N) is 3. The Bertz CT molecular complexity index is 2500. The van der Waals surface area contributed by atoms with Gasteiger partial charge in [0.2, 0.25) is 0 Å². The molecule has 2 heterocycles.